The van der Waals surface area contributed by atoms with Gasteiger partial charge in [0.05, 0.1) is 5.71 Å². The summed E-state index contributed by atoms with van der Waals surface area (Å²) in [6, 6.07) is 14.3. The van der Waals surface area contributed by atoms with Crippen molar-refractivity contribution in [2.45, 2.75) is 18.2 Å². The Morgan fingerprint density at radius 1 is 1.05 bits per heavy atom. The van der Waals surface area contributed by atoms with Crippen LogP contribution < -0.4 is 0 Å². The van der Waals surface area contributed by atoms with E-state index in [0.717, 1.165) is 0 Å². The van der Waals surface area contributed by atoms with E-state index in [9.17, 15) is 13.2 Å². The van der Waals surface area contributed by atoms with Crippen molar-refractivity contribution in [2.24, 2.45) is 5.16 Å². The van der Waals surface area contributed by atoms with Gasteiger partial charge in [-0.25, -0.2) is 0 Å². The molecule has 0 amide bonds. The fourth-order valence-corrected chi connectivity index (χ4v) is 2.62. The molecular weight excluding hydrogens is 315 g/mol. The van der Waals surface area contributed by atoms with Crippen LogP contribution in [0, 0.1) is 0 Å². The third-order valence-corrected chi connectivity index (χ3v) is 3.82. The summed E-state index contributed by atoms with van der Waals surface area (Å²) in [6.07, 6.45) is -5.00. The summed E-state index contributed by atoms with van der Waals surface area (Å²) in [7, 11) is 0. The summed E-state index contributed by atoms with van der Waals surface area (Å²) in [6.45, 7) is 0. The summed E-state index contributed by atoms with van der Waals surface area (Å²) < 4.78 is 41.0. The fourth-order valence-electron chi connectivity index (χ4n) is 2.43. The van der Waals surface area contributed by atoms with E-state index < -0.39 is 11.8 Å². The van der Waals surface area contributed by atoms with Crippen molar-refractivity contribution in [3.05, 3.63) is 70.7 Å². The molecule has 2 aromatic rings. The summed E-state index contributed by atoms with van der Waals surface area (Å²) in [5.41, 5.74) is -1.68. The van der Waals surface area contributed by atoms with Gasteiger partial charge in [0.25, 0.3) is 5.60 Å². The zero-order valence-corrected chi connectivity index (χ0v) is 12.0. The number of oxime groups is 1. The molecule has 114 valence electrons. The Bertz CT molecular complexity index is 715. The predicted molar refractivity (Wildman–Crippen MR) is 77.9 cm³/mol. The average Bonchev–Trinajstić information content (AvgIpc) is 2.94. The van der Waals surface area contributed by atoms with Crippen LogP contribution in [-0.4, -0.2) is 11.9 Å². The largest absolute Gasteiger partial charge is 0.435 e. The van der Waals surface area contributed by atoms with Crippen molar-refractivity contribution in [1.82, 2.24) is 0 Å². The summed E-state index contributed by atoms with van der Waals surface area (Å²) in [4.78, 5) is 4.92. The molecule has 0 N–H and O–H groups in total. The Labute approximate surface area is 130 Å². The third kappa shape index (κ3) is 2.46. The minimum Gasteiger partial charge on any atom is -0.374 e. The van der Waals surface area contributed by atoms with Gasteiger partial charge in [-0.2, -0.15) is 13.2 Å². The summed E-state index contributed by atoms with van der Waals surface area (Å²) in [5.74, 6) is 0. The van der Waals surface area contributed by atoms with Crippen LogP contribution in [0.25, 0.3) is 0 Å². The van der Waals surface area contributed by atoms with E-state index in [4.69, 9.17) is 16.4 Å². The van der Waals surface area contributed by atoms with Crippen LogP contribution >= 0.6 is 11.6 Å². The van der Waals surface area contributed by atoms with E-state index >= 15 is 0 Å². The van der Waals surface area contributed by atoms with Gasteiger partial charge in [-0.3, -0.25) is 0 Å². The quantitative estimate of drug-likeness (QED) is 0.767. The third-order valence-electron chi connectivity index (χ3n) is 3.58. The van der Waals surface area contributed by atoms with Gasteiger partial charge < -0.3 is 4.84 Å². The molecule has 1 aliphatic rings. The van der Waals surface area contributed by atoms with Gasteiger partial charge in [0.1, 0.15) is 0 Å². The van der Waals surface area contributed by atoms with Gasteiger partial charge in [0.2, 0.25) is 0 Å². The zero-order chi connectivity index (χ0) is 15.8. The number of hydrogen-bond donors (Lipinski definition) is 0. The van der Waals surface area contributed by atoms with Crippen LogP contribution in [0.5, 0.6) is 0 Å². The predicted octanol–water partition coefficient (Wildman–Crippen LogP) is 4.92. The summed E-state index contributed by atoms with van der Waals surface area (Å²) in [5, 5.41) is 3.91. The molecule has 0 bridgehead atoms. The van der Waals surface area contributed by atoms with Crippen LogP contribution in [0.3, 0.4) is 0 Å². The lowest BCUT2D eigenvalue weighted by Gasteiger charge is -2.29. The molecule has 1 heterocycles. The van der Waals surface area contributed by atoms with Crippen LogP contribution in [0.4, 0.5) is 13.2 Å². The molecule has 2 nitrogen and oxygen atoms in total. The number of alkyl halides is 3. The Balaban J connectivity index is 2.02. The second-order valence-corrected chi connectivity index (χ2v) is 5.44. The standard InChI is InChI=1S/C16H11ClF3NO/c17-13-8-4-7-12(9-13)15(16(18,19)20)10-14(21-22-15)11-5-2-1-3-6-11/h1-9H,10H2. The molecular formula is C16H11ClF3NO. The van der Waals surface area contributed by atoms with Crippen LogP contribution in [0.1, 0.15) is 17.5 Å². The minimum absolute atomic E-state index is 0.0535. The van der Waals surface area contributed by atoms with Gasteiger partial charge in [-0.15, -0.1) is 0 Å². The van der Waals surface area contributed by atoms with E-state index in [2.05, 4.69) is 5.16 Å². The molecule has 0 saturated heterocycles. The van der Waals surface area contributed by atoms with E-state index in [-0.39, 0.29) is 22.7 Å². The number of benzene rings is 2. The molecule has 0 saturated carbocycles. The minimum atomic E-state index is -4.61. The molecule has 0 aliphatic carbocycles. The van der Waals surface area contributed by atoms with Gasteiger partial charge in [-0.1, -0.05) is 59.2 Å². The number of halogens is 4. The lowest BCUT2D eigenvalue weighted by atomic mass is 9.86. The molecule has 0 aromatic heterocycles. The lowest BCUT2D eigenvalue weighted by Crippen LogP contribution is -2.42. The van der Waals surface area contributed by atoms with E-state index in [0.29, 0.717) is 5.56 Å². The molecule has 0 fully saturated rings. The highest BCUT2D eigenvalue weighted by atomic mass is 35.5. The molecule has 1 atom stereocenters. The topological polar surface area (TPSA) is 21.6 Å². The van der Waals surface area contributed by atoms with Gasteiger partial charge in [-0.05, 0) is 17.7 Å². The van der Waals surface area contributed by atoms with Gasteiger partial charge >= 0.3 is 6.18 Å². The van der Waals surface area contributed by atoms with Crippen molar-refractivity contribution in [1.29, 1.82) is 0 Å². The Morgan fingerprint density at radius 3 is 2.41 bits per heavy atom. The van der Waals surface area contributed by atoms with Crippen molar-refractivity contribution in [2.75, 3.05) is 0 Å². The van der Waals surface area contributed by atoms with Crippen molar-refractivity contribution >= 4 is 17.3 Å². The van der Waals surface area contributed by atoms with Crippen molar-refractivity contribution in [3.63, 3.8) is 0 Å². The zero-order valence-electron chi connectivity index (χ0n) is 11.3. The molecule has 6 heteroatoms. The first kappa shape index (κ1) is 14.9. The Hall–Kier alpha value is -2.01. The first-order valence-corrected chi connectivity index (χ1v) is 6.93. The molecule has 2 aromatic carbocycles. The van der Waals surface area contributed by atoms with Crippen molar-refractivity contribution in [3.8, 4) is 0 Å². The Morgan fingerprint density at radius 2 is 1.77 bits per heavy atom. The molecule has 3 rings (SSSR count). The molecule has 1 aliphatic heterocycles. The van der Waals surface area contributed by atoms with E-state index in [1.807, 2.05) is 0 Å². The van der Waals surface area contributed by atoms with Crippen LogP contribution in [0.15, 0.2) is 59.8 Å². The van der Waals surface area contributed by atoms with Gasteiger partial charge in [0, 0.05) is 17.0 Å². The highest BCUT2D eigenvalue weighted by Crippen LogP contribution is 2.49. The first-order valence-electron chi connectivity index (χ1n) is 6.56. The first-order chi connectivity index (χ1) is 10.4. The maximum Gasteiger partial charge on any atom is 0.435 e. The maximum atomic E-state index is 13.7. The number of rotatable bonds is 2. The smallest absolute Gasteiger partial charge is 0.374 e. The SMILES string of the molecule is FC(F)(F)C1(c2cccc(Cl)c2)CC(c2ccccc2)=NO1. The fraction of sp³-hybridized carbons (Fsp3) is 0.188. The average molecular weight is 326 g/mol. The lowest BCUT2D eigenvalue weighted by molar-refractivity contribution is -0.275. The molecule has 0 radical (unpaired) electrons. The van der Waals surface area contributed by atoms with Gasteiger partial charge in [0.15, 0.2) is 0 Å². The second kappa shape index (κ2) is 5.32. The number of nitrogens with zero attached hydrogens (tertiary/aromatic N) is 1. The normalized spacial score (nSPS) is 21.4. The highest BCUT2D eigenvalue weighted by molar-refractivity contribution is 6.30. The van der Waals surface area contributed by atoms with Crippen LogP contribution in [-0.2, 0) is 10.4 Å². The number of hydrogen-bond acceptors (Lipinski definition) is 2. The van der Waals surface area contributed by atoms with E-state index in [1.54, 1.807) is 30.3 Å². The monoisotopic (exact) mass is 325 g/mol. The van der Waals surface area contributed by atoms with E-state index in [1.165, 1.54) is 24.3 Å². The molecule has 22 heavy (non-hydrogen) atoms. The second-order valence-electron chi connectivity index (χ2n) is 5.01. The summed E-state index contributed by atoms with van der Waals surface area (Å²) >= 11 is 5.83. The highest BCUT2D eigenvalue weighted by Gasteiger charge is 2.62. The van der Waals surface area contributed by atoms with Crippen molar-refractivity contribution < 1.29 is 18.0 Å². The molecule has 0 spiro atoms. The maximum absolute atomic E-state index is 13.7. The Kier molecular flexibility index (Phi) is 3.60. The molecule has 1 unspecified atom stereocenters. The van der Waals surface area contributed by atoms with Crippen LogP contribution in [0.2, 0.25) is 5.02 Å².